The fourth-order valence-electron chi connectivity index (χ4n) is 0.917. The maximum absolute atomic E-state index is 9.07. The zero-order valence-corrected chi connectivity index (χ0v) is 4.79. The number of aromatic hydroxyl groups is 1. The first-order chi connectivity index (χ1) is 4.36. The molecule has 3 rings (SSSR count). The summed E-state index contributed by atoms with van der Waals surface area (Å²) >= 11 is 0. The van der Waals surface area contributed by atoms with Crippen LogP contribution in [-0.2, 0) is 6.61 Å². The first kappa shape index (κ1) is 4.68. The number of fused-ring (bicyclic) bond motifs is 3. The Morgan fingerprint density at radius 3 is 2.56 bits per heavy atom. The van der Waals surface area contributed by atoms with E-state index in [1.807, 2.05) is 12.1 Å². The maximum Gasteiger partial charge on any atom is 0.125 e. The summed E-state index contributed by atoms with van der Waals surface area (Å²) in [5.74, 6) is 1.10. The minimum Gasteiger partial charge on any atom is -0.507 e. The fraction of sp³-hybridized carbons (Fsp3) is 0.143. The Labute approximate surface area is 52.7 Å². The van der Waals surface area contributed by atoms with Crippen LogP contribution in [-0.4, -0.2) is 5.11 Å². The summed E-state index contributed by atoms with van der Waals surface area (Å²) in [5, 5.41) is 9.07. The molecule has 0 aromatic heterocycles. The van der Waals surface area contributed by atoms with Crippen molar-refractivity contribution in [1.82, 2.24) is 0 Å². The van der Waals surface area contributed by atoms with Gasteiger partial charge < -0.3 is 9.84 Å². The third-order valence-electron chi connectivity index (χ3n) is 1.45. The second kappa shape index (κ2) is 1.41. The van der Waals surface area contributed by atoms with E-state index in [4.69, 9.17) is 9.84 Å². The van der Waals surface area contributed by atoms with Crippen molar-refractivity contribution in [2.75, 3.05) is 0 Å². The van der Waals surface area contributed by atoms with Crippen LogP contribution in [0.2, 0.25) is 0 Å². The van der Waals surface area contributed by atoms with Crippen LogP contribution in [0.5, 0.6) is 11.5 Å². The van der Waals surface area contributed by atoms with Crippen LogP contribution in [0.1, 0.15) is 5.56 Å². The third kappa shape index (κ3) is 0.560. The second-order valence-corrected chi connectivity index (χ2v) is 2.08. The lowest BCUT2D eigenvalue weighted by Crippen LogP contribution is -2.01. The molecule has 2 heteroatoms. The fourth-order valence-corrected chi connectivity index (χ4v) is 0.917. The molecule has 0 atom stereocenters. The number of rotatable bonds is 0. The molecule has 0 aliphatic carbocycles. The monoisotopic (exact) mass is 122 g/mol. The van der Waals surface area contributed by atoms with E-state index in [0.29, 0.717) is 12.4 Å². The summed E-state index contributed by atoms with van der Waals surface area (Å²) in [5.41, 5.74) is 0.866. The molecule has 2 bridgehead atoms. The van der Waals surface area contributed by atoms with Gasteiger partial charge in [-0.3, -0.25) is 0 Å². The van der Waals surface area contributed by atoms with Gasteiger partial charge in [-0.1, -0.05) is 0 Å². The molecule has 2 aliphatic rings. The topological polar surface area (TPSA) is 29.5 Å². The smallest absolute Gasteiger partial charge is 0.125 e. The van der Waals surface area contributed by atoms with E-state index < -0.39 is 0 Å². The van der Waals surface area contributed by atoms with Gasteiger partial charge in [-0.15, -0.1) is 0 Å². The van der Waals surface area contributed by atoms with Gasteiger partial charge in [0.1, 0.15) is 18.1 Å². The Balaban J connectivity index is 2.70. The van der Waals surface area contributed by atoms with Gasteiger partial charge in [0.15, 0.2) is 0 Å². The first-order valence-electron chi connectivity index (χ1n) is 2.81. The van der Waals surface area contributed by atoms with Crippen LogP contribution in [0, 0.1) is 0 Å². The van der Waals surface area contributed by atoms with Crippen molar-refractivity contribution >= 4 is 0 Å². The molecule has 1 aromatic rings. The van der Waals surface area contributed by atoms with Crippen LogP contribution >= 0.6 is 0 Å². The Bertz CT molecular complexity index is 243. The standard InChI is InChI=1S/C7H6O2/c8-7-3-6-2-1-5(7)4-9-6/h1-3,8H,4H2. The number of hydrogen-bond acceptors (Lipinski definition) is 2. The van der Waals surface area contributed by atoms with E-state index >= 15 is 0 Å². The molecule has 2 heterocycles. The molecule has 0 unspecified atom stereocenters. The van der Waals surface area contributed by atoms with Crippen molar-refractivity contribution in [3.63, 3.8) is 0 Å². The molecular formula is C7H6O2. The molecule has 0 radical (unpaired) electrons. The molecule has 1 aromatic carbocycles. The van der Waals surface area contributed by atoms with Crippen LogP contribution in [0.25, 0.3) is 0 Å². The van der Waals surface area contributed by atoms with Gasteiger partial charge in [0.05, 0.1) is 0 Å². The summed E-state index contributed by atoms with van der Waals surface area (Å²) in [6.45, 7) is 0.522. The number of hydrogen-bond donors (Lipinski definition) is 1. The maximum atomic E-state index is 9.07. The van der Waals surface area contributed by atoms with Crippen LogP contribution in [0.3, 0.4) is 0 Å². The van der Waals surface area contributed by atoms with Crippen molar-refractivity contribution in [3.05, 3.63) is 23.8 Å². The zero-order valence-electron chi connectivity index (χ0n) is 4.79. The number of benzene rings is 1. The van der Waals surface area contributed by atoms with Crippen LogP contribution in [0.4, 0.5) is 0 Å². The number of phenols is 1. The molecule has 0 saturated carbocycles. The Kier molecular flexibility index (Phi) is 0.730. The quantitative estimate of drug-likeness (QED) is 0.561. The molecule has 0 fully saturated rings. The van der Waals surface area contributed by atoms with Crippen molar-refractivity contribution in [1.29, 1.82) is 0 Å². The lowest BCUT2D eigenvalue weighted by Gasteiger charge is -2.14. The highest BCUT2D eigenvalue weighted by molar-refractivity contribution is 5.42. The van der Waals surface area contributed by atoms with Gasteiger partial charge in [-0.25, -0.2) is 0 Å². The summed E-state index contributed by atoms with van der Waals surface area (Å²) in [7, 11) is 0. The van der Waals surface area contributed by atoms with Crippen molar-refractivity contribution in [2.45, 2.75) is 6.61 Å². The molecule has 0 spiro atoms. The normalized spacial score (nSPS) is 13.3. The summed E-state index contributed by atoms with van der Waals surface area (Å²) in [6, 6.07) is 5.34. The van der Waals surface area contributed by atoms with Crippen molar-refractivity contribution in [2.24, 2.45) is 0 Å². The first-order valence-corrected chi connectivity index (χ1v) is 2.81. The van der Waals surface area contributed by atoms with Gasteiger partial charge in [-0.2, -0.15) is 0 Å². The minimum atomic E-state index is 0.346. The van der Waals surface area contributed by atoms with Gasteiger partial charge in [0.2, 0.25) is 0 Å². The van der Waals surface area contributed by atoms with Gasteiger partial charge >= 0.3 is 0 Å². The lowest BCUT2D eigenvalue weighted by atomic mass is 10.1. The van der Waals surface area contributed by atoms with Gasteiger partial charge in [-0.05, 0) is 12.1 Å². The molecule has 0 amide bonds. The van der Waals surface area contributed by atoms with E-state index in [1.165, 1.54) is 0 Å². The van der Waals surface area contributed by atoms with Crippen LogP contribution in [0.15, 0.2) is 18.2 Å². The molecule has 46 valence electrons. The molecule has 9 heavy (non-hydrogen) atoms. The highest BCUT2D eigenvalue weighted by Crippen LogP contribution is 2.29. The molecule has 2 nitrogen and oxygen atoms in total. The zero-order chi connectivity index (χ0) is 6.27. The SMILES string of the molecule is Oc1cc2ccc1CO2. The van der Waals surface area contributed by atoms with Gasteiger partial charge in [0, 0.05) is 11.6 Å². The summed E-state index contributed by atoms with van der Waals surface area (Å²) in [4.78, 5) is 0. The van der Waals surface area contributed by atoms with Gasteiger partial charge in [0.25, 0.3) is 0 Å². The van der Waals surface area contributed by atoms with Crippen molar-refractivity contribution < 1.29 is 9.84 Å². The predicted molar refractivity (Wildman–Crippen MR) is 32.4 cm³/mol. The van der Waals surface area contributed by atoms with E-state index in [2.05, 4.69) is 0 Å². The third-order valence-corrected chi connectivity index (χ3v) is 1.45. The second-order valence-electron chi connectivity index (χ2n) is 2.08. The number of phenolic OH excluding ortho intramolecular Hbond substituents is 1. The van der Waals surface area contributed by atoms with E-state index in [0.717, 1.165) is 11.3 Å². The predicted octanol–water partition coefficient (Wildman–Crippen LogP) is 1.28. The molecule has 2 aliphatic heterocycles. The largest absolute Gasteiger partial charge is 0.507 e. The van der Waals surface area contributed by atoms with E-state index in [9.17, 15) is 0 Å². The minimum absolute atomic E-state index is 0.346. The lowest BCUT2D eigenvalue weighted by molar-refractivity contribution is 0.281. The Hall–Kier alpha value is -1.18. The average molecular weight is 122 g/mol. The van der Waals surface area contributed by atoms with E-state index in [1.54, 1.807) is 6.07 Å². The summed E-state index contributed by atoms with van der Waals surface area (Å²) < 4.78 is 5.10. The number of ether oxygens (including phenoxy) is 1. The molecular weight excluding hydrogens is 116 g/mol. The summed E-state index contributed by atoms with van der Waals surface area (Å²) in [6.07, 6.45) is 0. The highest BCUT2D eigenvalue weighted by atomic mass is 16.5. The Morgan fingerprint density at radius 2 is 2.33 bits per heavy atom. The van der Waals surface area contributed by atoms with E-state index in [-0.39, 0.29) is 0 Å². The van der Waals surface area contributed by atoms with Crippen molar-refractivity contribution in [3.8, 4) is 11.5 Å². The molecule has 0 saturated heterocycles. The van der Waals surface area contributed by atoms with Crippen LogP contribution < -0.4 is 4.74 Å². The molecule has 1 N–H and O–H groups in total. The Morgan fingerprint density at radius 1 is 1.44 bits per heavy atom. The average Bonchev–Trinajstić information content (AvgIpc) is 1.90. The highest BCUT2D eigenvalue weighted by Gasteiger charge is 2.09.